The number of carbonyl (C=O) groups excluding carboxylic acids is 3. The van der Waals surface area contributed by atoms with Gasteiger partial charge in [0.05, 0.1) is 16.6 Å². The fourth-order valence-corrected chi connectivity index (χ4v) is 7.62. The lowest BCUT2D eigenvalue weighted by molar-refractivity contribution is 0.0658. The number of halogens is 3. The van der Waals surface area contributed by atoms with Gasteiger partial charge in [-0.3, -0.25) is 9.59 Å². The Labute approximate surface area is 266 Å². The molecule has 4 aliphatic rings. The normalized spacial score (nSPS) is 20.3. The van der Waals surface area contributed by atoms with Gasteiger partial charge in [0.1, 0.15) is 11.6 Å². The third-order valence-electron chi connectivity index (χ3n) is 10.0. The molecule has 0 radical (unpaired) electrons. The van der Waals surface area contributed by atoms with Crippen molar-refractivity contribution in [2.75, 3.05) is 31.5 Å². The van der Waals surface area contributed by atoms with E-state index in [-0.39, 0.29) is 41.0 Å². The van der Waals surface area contributed by atoms with Crippen molar-refractivity contribution in [2.45, 2.75) is 57.0 Å². The highest BCUT2D eigenvalue weighted by atomic mass is 35.5. The summed E-state index contributed by atoms with van der Waals surface area (Å²) in [6.45, 7) is 2.27. The first-order valence-electron chi connectivity index (χ1n) is 15.7. The first-order chi connectivity index (χ1) is 21.7. The van der Waals surface area contributed by atoms with Crippen molar-refractivity contribution in [1.82, 2.24) is 14.7 Å². The number of hydrogen-bond donors (Lipinski definition) is 1. The molecule has 1 saturated carbocycles. The Morgan fingerprint density at radius 1 is 0.867 bits per heavy atom. The van der Waals surface area contributed by atoms with Gasteiger partial charge in [-0.15, -0.1) is 0 Å². The number of rotatable bonds is 5. The molecule has 10 heteroatoms. The van der Waals surface area contributed by atoms with Crippen molar-refractivity contribution >= 4 is 35.1 Å². The fraction of sp³-hybridized carbons (Fsp3) is 0.400. The highest BCUT2D eigenvalue weighted by Crippen LogP contribution is 2.44. The number of urea groups is 1. The van der Waals surface area contributed by atoms with Crippen LogP contribution in [0.2, 0.25) is 5.02 Å². The van der Waals surface area contributed by atoms with Crippen molar-refractivity contribution in [3.05, 3.63) is 99.6 Å². The summed E-state index contributed by atoms with van der Waals surface area (Å²) in [6.07, 6.45) is 5.98. The van der Waals surface area contributed by atoms with E-state index < -0.39 is 11.6 Å². The van der Waals surface area contributed by atoms with Crippen molar-refractivity contribution in [1.29, 1.82) is 0 Å². The second kappa shape index (κ2) is 11.7. The number of benzene rings is 3. The van der Waals surface area contributed by atoms with E-state index in [2.05, 4.69) is 5.32 Å². The van der Waals surface area contributed by atoms with Gasteiger partial charge in [-0.05, 0) is 97.9 Å². The number of nitrogens with zero attached hydrogens (tertiary/aromatic N) is 3. The van der Waals surface area contributed by atoms with Crippen LogP contribution in [0.1, 0.15) is 76.4 Å². The summed E-state index contributed by atoms with van der Waals surface area (Å²) in [6, 6.07) is 15.8. The average molecular weight is 633 g/mol. The predicted octanol–water partition coefficient (Wildman–Crippen LogP) is 7.07. The Kier molecular flexibility index (Phi) is 7.76. The number of aryl methyl sites for hydroxylation is 1. The van der Waals surface area contributed by atoms with E-state index in [1.165, 1.54) is 5.56 Å². The molecule has 1 spiro atoms. The van der Waals surface area contributed by atoms with Gasteiger partial charge in [0.2, 0.25) is 0 Å². The molecule has 1 N–H and O–H groups in total. The van der Waals surface area contributed by atoms with E-state index in [1.807, 2.05) is 40.1 Å². The maximum Gasteiger partial charge on any atom is 0.321 e. The number of fused-ring (bicyclic) bond motifs is 1. The summed E-state index contributed by atoms with van der Waals surface area (Å²) in [5.41, 5.74) is 3.40. The summed E-state index contributed by atoms with van der Waals surface area (Å²) < 4.78 is 27.1. The number of nitrogens with one attached hydrogen (secondary N) is 1. The Bertz CT molecular complexity index is 1650. The van der Waals surface area contributed by atoms with Crippen molar-refractivity contribution in [3.8, 4) is 0 Å². The number of amides is 4. The monoisotopic (exact) mass is 632 g/mol. The Balaban J connectivity index is 1.01. The van der Waals surface area contributed by atoms with Crippen LogP contribution in [0.4, 0.5) is 19.3 Å². The van der Waals surface area contributed by atoms with Gasteiger partial charge in [0.25, 0.3) is 11.8 Å². The first kappa shape index (κ1) is 29.7. The van der Waals surface area contributed by atoms with Gasteiger partial charge in [-0.1, -0.05) is 29.8 Å². The lowest BCUT2D eigenvalue weighted by atomic mass is 9.78. The van der Waals surface area contributed by atoms with Crippen molar-refractivity contribution in [3.63, 3.8) is 0 Å². The van der Waals surface area contributed by atoms with Crippen LogP contribution < -0.4 is 5.32 Å². The van der Waals surface area contributed by atoms with E-state index in [1.54, 1.807) is 17.0 Å². The lowest BCUT2D eigenvalue weighted by Gasteiger charge is -2.39. The Morgan fingerprint density at radius 3 is 2.24 bits per heavy atom. The van der Waals surface area contributed by atoms with Gasteiger partial charge in [0.15, 0.2) is 0 Å². The molecule has 45 heavy (non-hydrogen) atoms. The SMILES string of the molecule is O=C(Nc1cc(F)cc(F)c1)N1CCC2(CC1)CCN(C(=O)c1ccc3c(c1)C(N(C(=O)c1ccccc1Cl)C1CC1)CC3)C2. The molecule has 4 amide bonds. The summed E-state index contributed by atoms with van der Waals surface area (Å²) >= 11 is 6.42. The minimum absolute atomic E-state index is 0.0102. The first-order valence-corrected chi connectivity index (χ1v) is 16.1. The largest absolute Gasteiger partial charge is 0.338 e. The summed E-state index contributed by atoms with van der Waals surface area (Å²) in [4.78, 5) is 45.9. The Hall–Kier alpha value is -3.98. The zero-order valence-electron chi connectivity index (χ0n) is 24.9. The molecule has 2 heterocycles. The molecule has 3 fully saturated rings. The van der Waals surface area contributed by atoms with Crippen LogP contribution in [0.15, 0.2) is 60.7 Å². The van der Waals surface area contributed by atoms with Gasteiger partial charge in [-0.2, -0.15) is 0 Å². The van der Waals surface area contributed by atoms with E-state index in [0.717, 1.165) is 68.7 Å². The minimum atomic E-state index is -0.747. The van der Waals surface area contributed by atoms with Crippen LogP contribution in [-0.4, -0.2) is 64.8 Å². The second-order valence-electron chi connectivity index (χ2n) is 12.9. The molecular weight excluding hydrogens is 598 g/mol. The van der Waals surface area contributed by atoms with E-state index >= 15 is 0 Å². The van der Waals surface area contributed by atoms with E-state index in [9.17, 15) is 23.2 Å². The molecule has 0 bridgehead atoms. The predicted molar refractivity (Wildman–Crippen MR) is 167 cm³/mol. The van der Waals surface area contributed by atoms with Crippen molar-refractivity contribution < 1.29 is 23.2 Å². The lowest BCUT2D eigenvalue weighted by Crippen LogP contribution is -2.46. The third-order valence-corrected chi connectivity index (χ3v) is 10.3. The molecule has 3 aromatic carbocycles. The summed E-state index contributed by atoms with van der Waals surface area (Å²) in [5, 5.41) is 3.04. The number of anilines is 1. The molecule has 2 aliphatic heterocycles. The molecular formula is C35H35ClF2N4O3. The summed E-state index contributed by atoms with van der Waals surface area (Å²) in [5.74, 6) is -1.56. The van der Waals surface area contributed by atoms with Gasteiger partial charge in [0, 0.05) is 49.5 Å². The number of piperidine rings is 1. The van der Waals surface area contributed by atoms with Crippen LogP contribution in [0.3, 0.4) is 0 Å². The number of likely N-dealkylation sites (tertiary alicyclic amines) is 2. The highest BCUT2D eigenvalue weighted by Gasteiger charge is 2.44. The molecule has 7 rings (SSSR count). The van der Waals surface area contributed by atoms with Crippen molar-refractivity contribution in [2.24, 2.45) is 5.41 Å². The van der Waals surface area contributed by atoms with Crippen LogP contribution in [0, 0.1) is 17.0 Å². The van der Waals surface area contributed by atoms with Crippen LogP contribution in [0.25, 0.3) is 0 Å². The highest BCUT2D eigenvalue weighted by molar-refractivity contribution is 6.33. The minimum Gasteiger partial charge on any atom is -0.338 e. The molecule has 1 atom stereocenters. The summed E-state index contributed by atoms with van der Waals surface area (Å²) in [7, 11) is 0. The number of hydrogen-bond acceptors (Lipinski definition) is 3. The molecule has 2 saturated heterocycles. The Morgan fingerprint density at radius 2 is 1.56 bits per heavy atom. The quantitative estimate of drug-likeness (QED) is 0.327. The molecule has 234 valence electrons. The maximum atomic E-state index is 13.8. The standard InChI is InChI=1S/C35H35ClF2N4O3/c36-30-4-2-1-3-28(30)33(44)42(27-8-9-27)31-10-7-22-5-6-23(17-29(22)31)32(43)41-16-13-35(21-41)11-14-40(15-12-35)34(45)39-26-19-24(37)18-25(38)20-26/h1-6,17-20,27,31H,7-16,21H2,(H,39,45). The average Bonchev–Trinajstić information content (AvgIpc) is 3.64. The van der Waals surface area contributed by atoms with E-state index in [4.69, 9.17) is 11.6 Å². The topological polar surface area (TPSA) is 73.0 Å². The second-order valence-corrected chi connectivity index (χ2v) is 13.4. The molecule has 0 aromatic heterocycles. The van der Waals surface area contributed by atoms with Gasteiger partial charge < -0.3 is 20.0 Å². The molecule has 1 unspecified atom stereocenters. The van der Waals surface area contributed by atoms with Gasteiger partial charge >= 0.3 is 6.03 Å². The van der Waals surface area contributed by atoms with Crippen LogP contribution >= 0.6 is 11.6 Å². The molecule has 3 aromatic rings. The maximum absolute atomic E-state index is 13.8. The zero-order chi connectivity index (χ0) is 31.3. The zero-order valence-corrected chi connectivity index (χ0v) is 25.7. The van der Waals surface area contributed by atoms with E-state index in [0.29, 0.717) is 42.3 Å². The smallest absolute Gasteiger partial charge is 0.321 e. The molecule has 7 nitrogen and oxygen atoms in total. The van der Waals surface area contributed by atoms with Crippen LogP contribution in [-0.2, 0) is 6.42 Å². The third kappa shape index (κ3) is 5.90. The van der Waals surface area contributed by atoms with Gasteiger partial charge in [-0.25, -0.2) is 13.6 Å². The molecule has 2 aliphatic carbocycles. The fourth-order valence-electron chi connectivity index (χ4n) is 7.40. The van der Waals surface area contributed by atoms with Crippen LogP contribution in [0.5, 0.6) is 0 Å². The number of carbonyl (C=O) groups is 3.